The first-order chi connectivity index (χ1) is 9.88. The molecule has 0 aromatic carbocycles. The molecule has 0 atom stereocenters. The van der Waals surface area contributed by atoms with Crippen LogP contribution < -0.4 is 5.32 Å². The third-order valence-electron chi connectivity index (χ3n) is 4.37. The first-order valence-corrected chi connectivity index (χ1v) is 7.68. The van der Waals surface area contributed by atoms with Crippen molar-refractivity contribution in [3.8, 4) is 0 Å². The smallest absolute Gasteiger partial charge is 0.284 e. The summed E-state index contributed by atoms with van der Waals surface area (Å²) in [6.45, 7) is 9.96. The van der Waals surface area contributed by atoms with Crippen LogP contribution in [0.3, 0.4) is 0 Å². The molecule has 2 rings (SSSR count). The van der Waals surface area contributed by atoms with E-state index >= 15 is 0 Å². The monoisotopic (exact) mass is 297 g/mol. The quantitative estimate of drug-likeness (QED) is 0.814. The highest BCUT2D eigenvalue weighted by atomic mass is 19.3. The molecule has 1 aromatic heterocycles. The van der Waals surface area contributed by atoms with E-state index in [1.54, 1.807) is 17.8 Å². The SMILES string of the molecule is C=C(C)Nc1cn(C2CCC(C(C)C)CC2)nc1C(F)F. The minimum absolute atomic E-state index is 0.177. The summed E-state index contributed by atoms with van der Waals surface area (Å²) >= 11 is 0. The predicted octanol–water partition coefficient (Wildman–Crippen LogP) is 5.15. The number of anilines is 1. The van der Waals surface area contributed by atoms with Crippen LogP contribution in [-0.2, 0) is 0 Å². The fraction of sp³-hybridized carbons (Fsp3) is 0.688. The highest BCUT2D eigenvalue weighted by Crippen LogP contribution is 2.37. The normalized spacial score (nSPS) is 22.8. The Bertz CT molecular complexity index is 486. The molecule has 0 spiro atoms. The molecule has 5 heteroatoms. The average Bonchev–Trinajstić information content (AvgIpc) is 2.82. The lowest BCUT2D eigenvalue weighted by Gasteiger charge is -2.30. The highest BCUT2D eigenvalue weighted by Gasteiger charge is 2.27. The van der Waals surface area contributed by atoms with E-state index in [1.807, 2.05) is 0 Å². The largest absolute Gasteiger partial charge is 0.357 e. The van der Waals surface area contributed by atoms with Crippen LogP contribution in [0.2, 0.25) is 0 Å². The van der Waals surface area contributed by atoms with Gasteiger partial charge < -0.3 is 5.32 Å². The second kappa shape index (κ2) is 6.58. The molecular weight excluding hydrogens is 272 g/mol. The number of nitrogens with one attached hydrogen (secondary N) is 1. The highest BCUT2D eigenvalue weighted by molar-refractivity contribution is 5.50. The van der Waals surface area contributed by atoms with Gasteiger partial charge in [0.25, 0.3) is 6.43 Å². The van der Waals surface area contributed by atoms with E-state index in [9.17, 15) is 8.78 Å². The van der Waals surface area contributed by atoms with Crippen LogP contribution in [0.25, 0.3) is 0 Å². The molecule has 0 saturated heterocycles. The minimum Gasteiger partial charge on any atom is -0.357 e. The fourth-order valence-corrected chi connectivity index (χ4v) is 3.11. The molecule has 1 saturated carbocycles. The van der Waals surface area contributed by atoms with Gasteiger partial charge in [-0.15, -0.1) is 0 Å². The minimum atomic E-state index is -2.57. The van der Waals surface area contributed by atoms with Crippen molar-refractivity contribution in [2.45, 2.75) is 58.9 Å². The van der Waals surface area contributed by atoms with Gasteiger partial charge in [0, 0.05) is 11.9 Å². The molecule has 1 fully saturated rings. The van der Waals surface area contributed by atoms with E-state index in [0.29, 0.717) is 17.3 Å². The maximum Gasteiger partial charge on any atom is 0.284 e. The van der Waals surface area contributed by atoms with E-state index in [0.717, 1.165) is 31.6 Å². The van der Waals surface area contributed by atoms with Crippen molar-refractivity contribution in [1.29, 1.82) is 0 Å². The molecule has 1 aliphatic carbocycles. The van der Waals surface area contributed by atoms with Crippen molar-refractivity contribution in [2.24, 2.45) is 11.8 Å². The Morgan fingerprint density at radius 3 is 2.43 bits per heavy atom. The number of hydrogen-bond donors (Lipinski definition) is 1. The molecule has 1 aliphatic rings. The third-order valence-corrected chi connectivity index (χ3v) is 4.37. The van der Waals surface area contributed by atoms with E-state index < -0.39 is 6.43 Å². The van der Waals surface area contributed by atoms with Gasteiger partial charge in [-0.2, -0.15) is 5.10 Å². The number of alkyl halides is 2. The van der Waals surface area contributed by atoms with Crippen molar-refractivity contribution in [1.82, 2.24) is 9.78 Å². The van der Waals surface area contributed by atoms with E-state index in [2.05, 4.69) is 30.8 Å². The molecule has 0 unspecified atom stereocenters. The Hall–Kier alpha value is -1.39. The van der Waals surface area contributed by atoms with Crippen LogP contribution in [0.4, 0.5) is 14.5 Å². The molecule has 1 N–H and O–H groups in total. The van der Waals surface area contributed by atoms with Crippen molar-refractivity contribution < 1.29 is 8.78 Å². The standard InChI is InChI=1S/C16H25F2N3/c1-10(2)12-5-7-13(8-6-12)21-9-14(19-11(3)4)15(20-21)16(17)18/h9-10,12-13,16,19H,3,5-8H2,1-2,4H3. The average molecular weight is 297 g/mol. The molecule has 118 valence electrons. The molecule has 0 aliphatic heterocycles. The Morgan fingerprint density at radius 1 is 1.33 bits per heavy atom. The van der Waals surface area contributed by atoms with Crippen LogP contribution in [0.15, 0.2) is 18.5 Å². The summed E-state index contributed by atoms with van der Waals surface area (Å²) in [4.78, 5) is 0. The Kier molecular flexibility index (Phi) is 5.01. The van der Waals surface area contributed by atoms with Gasteiger partial charge in [0.1, 0.15) is 0 Å². The predicted molar refractivity (Wildman–Crippen MR) is 81.5 cm³/mol. The number of nitrogens with zero attached hydrogens (tertiary/aromatic N) is 2. The summed E-state index contributed by atoms with van der Waals surface area (Å²) in [6.07, 6.45) is 3.46. The van der Waals surface area contributed by atoms with Gasteiger partial charge >= 0.3 is 0 Å². The van der Waals surface area contributed by atoms with Crippen LogP contribution in [0.5, 0.6) is 0 Å². The molecule has 0 bridgehead atoms. The zero-order valence-corrected chi connectivity index (χ0v) is 13.1. The Morgan fingerprint density at radius 2 is 1.95 bits per heavy atom. The number of hydrogen-bond acceptors (Lipinski definition) is 2. The van der Waals surface area contributed by atoms with Crippen LogP contribution in [0.1, 0.15) is 64.6 Å². The molecular formula is C16H25F2N3. The topological polar surface area (TPSA) is 29.9 Å². The van der Waals surface area contributed by atoms with Gasteiger partial charge in [-0.05, 0) is 44.4 Å². The van der Waals surface area contributed by atoms with E-state index in [1.165, 1.54) is 0 Å². The van der Waals surface area contributed by atoms with Gasteiger partial charge in [-0.3, -0.25) is 4.68 Å². The Balaban J connectivity index is 2.12. The number of halogens is 2. The lowest BCUT2D eigenvalue weighted by Crippen LogP contribution is -2.21. The summed E-state index contributed by atoms with van der Waals surface area (Å²) in [5.74, 6) is 1.44. The number of aromatic nitrogens is 2. The van der Waals surface area contributed by atoms with Crippen LogP contribution in [0, 0.1) is 11.8 Å². The van der Waals surface area contributed by atoms with E-state index in [-0.39, 0.29) is 11.7 Å². The van der Waals surface area contributed by atoms with Crippen LogP contribution >= 0.6 is 0 Å². The molecule has 21 heavy (non-hydrogen) atoms. The lowest BCUT2D eigenvalue weighted by molar-refractivity contribution is 0.143. The lowest BCUT2D eigenvalue weighted by atomic mass is 9.80. The molecule has 0 radical (unpaired) electrons. The van der Waals surface area contributed by atoms with Crippen LogP contribution in [-0.4, -0.2) is 9.78 Å². The maximum absolute atomic E-state index is 13.1. The second-order valence-corrected chi connectivity index (χ2v) is 6.43. The van der Waals surface area contributed by atoms with Gasteiger partial charge in [-0.1, -0.05) is 20.4 Å². The van der Waals surface area contributed by atoms with Gasteiger partial charge in [-0.25, -0.2) is 8.78 Å². The Labute approximate surface area is 125 Å². The molecule has 1 aromatic rings. The molecule has 3 nitrogen and oxygen atoms in total. The molecule has 1 heterocycles. The summed E-state index contributed by atoms with van der Waals surface area (Å²) in [6, 6.07) is 0.234. The first-order valence-electron chi connectivity index (χ1n) is 7.68. The summed E-state index contributed by atoms with van der Waals surface area (Å²) in [5.41, 5.74) is 0.840. The zero-order valence-electron chi connectivity index (χ0n) is 13.1. The summed E-state index contributed by atoms with van der Waals surface area (Å²) in [5, 5.41) is 7.00. The number of allylic oxidation sites excluding steroid dienone is 1. The molecule has 0 amide bonds. The number of rotatable bonds is 5. The van der Waals surface area contributed by atoms with Crippen molar-refractivity contribution in [3.05, 3.63) is 24.2 Å². The van der Waals surface area contributed by atoms with Gasteiger partial charge in [0.15, 0.2) is 5.69 Å². The third kappa shape index (κ3) is 3.83. The first kappa shape index (κ1) is 16.0. The fourth-order valence-electron chi connectivity index (χ4n) is 3.11. The summed E-state index contributed by atoms with van der Waals surface area (Å²) < 4.78 is 27.9. The van der Waals surface area contributed by atoms with Gasteiger partial charge in [0.05, 0.1) is 11.7 Å². The van der Waals surface area contributed by atoms with E-state index in [4.69, 9.17) is 0 Å². The zero-order chi connectivity index (χ0) is 15.6. The van der Waals surface area contributed by atoms with Crippen molar-refractivity contribution >= 4 is 5.69 Å². The van der Waals surface area contributed by atoms with Crippen molar-refractivity contribution in [2.75, 3.05) is 5.32 Å². The van der Waals surface area contributed by atoms with Crippen molar-refractivity contribution in [3.63, 3.8) is 0 Å². The van der Waals surface area contributed by atoms with Gasteiger partial charge in [0.2, 0.25) is 0 Å². The maximum atomic E-state index is 13.1. The second-order valence-electron chi connectivity index (χ2n) is 6.43. The summed E-state index contributed by atoms with van der Waals surface area (Å²) in [7, 11) is 0.